The maximum Gasteiger partial charge on any atom is 0.258 e. The lowest BCUT2D eigenvalue weighted by Crippen LogP contribution is -2.63. The first kappa shape index (κ1) is 38.9. The Bertz CT molecular complexity index is 3480. The van der Waals surface area contributed by atoms with Gasteiger partial charge < -0.3 is 29.1 Å². The number of anilines is 6. The third-order valence-electron chi connectivity index (χ3n) is 15.4. The van der Waals surface area contributed by atoms with Crippen LogP contribution in [-0.2, 0) is 0 Å². The van der Waals surface area contributed by atoms with Gasteiger partial charge in [-0.25, -0.2) is 0 Å². The second-order valence-corrected chi connectivity index (χ2v) is 19.1. The maximum absolute atomic E-state index is 7.27. The highest BCUT2D eigenvalue weighted by atomic mass is 16.5. The van der Waals surface area contributed by atoms with E-state index >= 15 is 0 Å². The number of pyridine rings is 1. The lowest BCUT2D eigenvalue weighted by molar-refractivity contribution is 0.406. The Balaban J connectivity index is 0.941. The van der Waals surface area contributed by atoms with Crippen molar-refractivity contribution >= 4 is 74.9 Å². The zero-order chi connectivity index (χ0) is 45.2. The molecule has 0 amide bonds. The summed E-state index contributed by atoms with van der Waals surface area (Å²) in [5.41, 5.74) is 18.9. The molecular formula is C60H45B2N5O2. The number of allylic oxidation sites excluding steroid dienone is 11. The van der Waals surface area contributed by atoms with E-state index in [1.54, 1.807) is 0 Å². The number of para-hydroxylation sites is 4. The van der Waals surface area contributed by atoms with Crippen LogP contribution in [0.5, 0.6) is 17.5 Å². The van der Waals surface area contributed by atoms with E-state index in [2.05, 4.69) is 220 Å². The van der Waals surface area contributed by atoms with Crippen LogP contribution in [0.4, 0.5) is 34.1 Å². The molecule has 0 radical (unpaired) electrons. The molecule has 0 N–H and O–H groups in total. The standard InChI is InChI=1S/C60H45B2N5O2/c1-3-19-41(20-4-1)65(42-27-11-12-28-42)53-38-55-57-58(53)67(44-29-13-14-30-44)51-34-18-16-32-47(51)62(57)49-37-48-59(63-60(49)69-55)68-54-36-45(64(39-23-7-8-24-39)40-25-9-10-26-40)35-52-56(54)61(48)46-31-15-17-33-50(46)66(52)43-21-5-2-6-22-43/h1-12,15-25,27,29,31-39,58H,13-14,26,28,30H2. The van der Waals surface area contributed by atoms with Crippen molar-refractivity contribution in [1.29, 1.82) is 0 Å². The minimum atomic E-state index is -0.147. The van der Waals surface area contributed by atoms with Gasteiger partial charge in [-0.2, -0.15) is 4.98 Å². The summed E-state index contributed by atoms with van der Waals surface area (Å²) in [6, 6.07) is 46.6. The van der Waals surface area contributed by atoms with Crippen molar-refractivity contribution in [2.75, 3.05) is 19.6 Å². The third kappa shape index (κ3) is 5.80. The molecule has 5 aliphatic carbocycles. The molecule has 69 heavy (non-hydrogen) atoms. The molecule has 7 nitrogen and oxygen atoms in total. The Morgan fingerprint density at radius 3 is 2.07 bits per heavy atom. The number of fused-ring (bicyclic) bond motifs is 8. The monoisotopic (exact) mass is 889 g/mol. The summed E-state index contributed by atoms with van der Waals surface area (Å²) < 4.78 is 14.5. The van der Waals surface area contributed by atoms with E-state index in [-0.39, 0.29) is 25.5 Å². The van der Waals surface area contributed by atoms with Gasteiger partial charge in [0.15, 0.2) is 0 Å². The van der Waals surface area contributed by atoms with Gasteiger partial charge in [-0.3, -0.25) is 0 Å². The van der Waals surface area contributed by atoms with Crippen LogP contribution >= 0.6 is 0 Å². The molecule has 328 valence electrons. The minimum absolute atomic E-state index is 0.0709. The van der Waals surface area contributed by atoms with E-state index in [0.717, 1.165) is 88.4 Å². The number of aromatic nitrogens is 1. The molecule has 15 rings (SSSR count). The average molecular weight is 890 g/mol. The van der Waals surface area contributed by atoms with Gasteiger partial charge in [-0.15, -0.1) is 0 Å². The molecule has 6 aromatic rings. The van der Waals surface area contributed by atoms with Crippen molar-refractivity contribution in [1.82, 2.24) is 4.98 Å². The normalized spacial score (nSPS) is 19.3. The van der Waals surface area contributed by atoms with Gasteiger partial charge in [0.05, 0.1) is 17.8 Å². The van der Waals surface area contributed by atoms with E-state index in [1.165, 1.54) is 44.9 Å². The molecular weight excluding hydrogens is 844 g/mol. The SMILES string of the molecule is C1=CCC(N(C2=CC3=C4B(c5ccccc5N(C5=CCCC5)C24)c2cc4c(nc2O3)Oc2cc(N(C3=CC=CC3)C3C=CC=C3)cc3c2B4c2ccccc2N3c2ccccc2)c2ccccc2)=C1. The Morgan fingerprint density at radius 2 is 1.32 bits per heavy atom. The summed E-state index contributed by atoms with van der Waals surface area (Å²) in [6.45, 7) is -0.244. The first-order valence-electron chi connectivity index (χ1n) is 24.5. The number of hydrogen-bond acceptors (Lipinski definition) is 7. The molecule has 9 aliphatic rings. The van der Waals surface area contributed by atoms with Crippen LogP contribution in [0.2, 0.25) is 0 Å². The quantitative estimate of drug-likeness (QED) is 0.141. The van der Waals surface area contributed by atoms with Crippen molar-refractivity contribution < 1.29 is 9.47 Å². The fraction of sp³-hybridized carbons (Fsp3) is 0.117. The molecule has 0 fully saturated rings. The van der Waals surface area contributed by atoms with E-state index in [4.69, 9.17) is 14.5 Å². The smallest absolute Gasteiger partial charge is 0.258 e. The zero-order valence-electron chi connectivity index (χ0n) is 38.0. The molecule has 0 saturated carbocycles. The summed E-state index contributed by atoms with van der Waals surface area (Å²) in [5.74, 6) is 2.87. The zero-order valence-corrected chi connectivity index (χ0v) is 38.0. The molecule has 4 aliphatic heterocycles. The molecule has 0 spiro atoms. The highest BCUT2D eigenvalue weighted by Gasteiger charge is 2.53. The molecule has 5 aromatic carbocycles. The van der Waals surface area contributed by atoms with Gasteiger partial charge in [-0.05, 0) is 107 Å². The average Bonchev–Trinajstić information content (AvgIpc) is 4.27. The van der Waals surface area contributed by atoms with Crippen LogP contribution in [-0.4, -0.2) is 30.5 Å². The van der Waals surface area contributed by atoms with Crippen molar-refractivity contribution in [3.05, 3.63) is 234 Å². The van der Waals surface area contributed by atoms with Gasteiger partial charge in [0.25, 0.3) is 13.4 Å². The van der Waals surface area contributed by atoms with Crippen LogP contribution in [0.3, 0.4) is 0 Å². The van der Waals surface area contributed by atoms with Crippen LogP contribution in [0.1, 0.15) is 32.1 Å². The second kappa shape index (κ2) is 15.2. The first-order chi connectivity index (χ1) is 34.2. The Kier molecular flexibility index (Phi) is 8.55. The fourth-order valence-corrected chi connectivity index (χ4v) is 12.6. The van der Waals surface area contributed by atoms with Gasteiger partial charge in [0.2, 0.25) is 11.8 Å². The van der Waals surface area contributed by atoms with Crippen molar-refractivity contribution in [2.24, 2.45) is 0 Å². The molecule has 1 aromatic heterocycles. The molecule has 0 bridgehead atoms. The molecule has 5 heterocycles. The maximum atomic E-state index is 7.27. The predicted octanol–water partition coefficient (Wildman–Crippen LogP) is 9.93. The topological polar surface area (TPSA) is 44.3 Å². The van der Waals surface area contributed by atoms with E-state index in [9.17, 15) is 0 Å². The van der Waals surface area contributed by atoms with Gasteiger partial charge >= 0.3 is 0 Å². The lowest BCUT2D eigenvalue weighted by atomic mass is 9.31. The van der Waals surface area contributed by atoms with Crippen molar-refractivity contribution in [2.45, 2.75) is 44.2 Å². The van der Waals surface area contributed by atoms with E-state index < -0.39 is 0 Å². The van der Waals surface area contributed by atoms with Crippen LogP contribution in [0.15, 0.2) is 234 Å². The highest BCUT2D eigenvalue weighted by molar-refractivity contribution is 7.00. The molecule has 0 saturated heterocycles. The number of ether oxygens (including phenoxy) is 2. The first-order valence-corrected chi connectivity index (χ1v) is 24.5. The third-order valence-corrected chi connectivity index (χ3v) is 15.4. The van der Waals surface area contributed by atoms with Crippen molar-refractivity contribution in [3.8, 4) is 17.5 Å². The van der Waals surface area contributed by atoms with Crippen molar-refractivity contribution in [3.63, 3.8) is 0 Å². The fourth-order valence-electron chi connectivity index (χ4n) is 12.6. The summed E-state index contributed by atoms with van der Waals surface area (Å²) in [4.78, 5) is 15.5. The molecule has 1 atom stereocenters. The van der Waals surface area contributed by atoms with Crippen LogP contribution < -0.4 is 56.4 Å². The summed E-state index contributed by atoms with van der Waals surface area (Å²) in [5, 5.41) is 0. The predicted molar refractivity (Wildman–Crippen MR) is 283 cm³/mol. The Hall–Kier alpha value is -8.16. The highest BCUT2D eigenvalue weighted by Crippen LogP contribution is 2.49. The summed E-state index contributed by atoms with van der Waals surface area (Å²) >= 11 is 0. The Labute approximate surface area is 403 Å². The van der Waals surface area contributed by atoms with Crippen LogP contribution in [0.25, 0.3) is 0 Å². The second-order valence-electron chi connectivity index (χ2n) is 19.1. The minimum Gasteiger partial charge on any atom is -0.440 e. The number of nitrogens with zero attached hydrogens (tertiary/aromatic N) is 5. The number of rotatable bonds is 8. The van der Waals surface area contributed by atoms with E-state index in [1.807, 2.05) is 0 Å². The summed E-state index contributed by atoms with van der Waals surface area (Å²) in [7, 11) is 0. The largest absolute Gasteiger partial charge is 0.440 e. The van der Waals surface area contributed by atoms with Gasteiger partial charge in [0.1, 0.15) is 11.5 Å². The summed E-state index contributed by atoms with van der Waals surface area (Å²) in [6.07, 6.45) is 31.9. The molecule has 1 unspecified atom stereocenters. The number of hydrogen-bond donors (Lipinski definition) is 0. The van der Waals surface area contributed by atoms with Crippen LogP contribution in [0, 0.1) is 0 Å². The number of benzene rings is 5. The van der Waals surface area contributed by atoms with E-state index in [0.29, 0.717) is 11.8 Å². The van der Waals surface area contributed by atoms with Gasteiger partial charge in [-0.1, -0.05) is 134 Å². The van der Waals surface area contributed by atoms with Gasteiger partial charge in [0, 0.05) is 76.2 Å². The molecule has 9 heteroatoms. The Morgan fingerprint density at radius 1 is 0.623 bits per heavy atom. The lowest BCUT2D eigenvalue weighted by Gasteiger charge is -2.46.